The van der Waals surface area contributed by atoms with Gasteiger partial charge in [0, 0.05) is 112 Å². The number of Topliss-reactive ketones (excluding diaryl/α,β-unsaturated/α-hetero) is 2. The third-order valence-electron chi connectivity index (χ3n) is 21.2. The molecule has 7 aliphatic rings. The molecule has 3 saturated heterocycles. The van der Waals surface area contributed by atoms with Crippen molar-refractivity contribution >= 4 is 63.3 Å². The number of benzene rings is 5. The van der Waals surface area contributed by atoms with E-state index in [-0.39, 0.29) is 197 Å². The summed E-state index contributed by atoms with van der Waals surface area (Å²) in [6.07, 6.45) is -11.5. The maximum atomic E-state index is 13.9. The Morgan fingerprint density at radius 2 is 1.12 bits per heavy atom. The number of ether oxygens (including phenoxy) is 10. The molecule has 5 aromatic carbocycles. The molecule has 624 valence electrons. The van der Waals surface area contributed by atoms with Crippen molar-refractivity contribution < 1.29 is 195 Å². The number of carbonyl (C=O) groups excluding carboxylic acids is 9. The molecule has 3 heterocycles. The molecule has 0 saturated carbocycles. The SMILES string of the molecule is COCCOC(=O)N(CC=O)CCOS(=O)(=O)c1ccc(C)cc1.COc1cccc2c1C(=O)c1c(O)c3c(c(O)c1C2=O)C[C@@](O)(C(C)=O)C[C@@H]3O[C@H]1CC(N)C(O)[C@H](C)O1.[C-]#N.[C-]#[N+]C1CN(C(=O)OCCOC)CCN1C1C[C@H](O[C@H]2C[C@](O)(C(C)=O)Cc3c(O)c4c(c(O)c32)C(=O)c2c(OC)cccc2C4=O)O[C@@H](C)C1O.[K+]. The van der Waals surface area contributed by atoms with Crippen LogP contribution in [-0.2, 0) is 79.4 Å². The number of aliphatic hydroxyl groups is 4. The Hall–Kier alpha value is -8.82. The van der Waals surface area contributed by atoms with Crippen molar-refractivity contribution in [3.05, 3.63) is 151 Å². The average Bonchev–Trinajstić information content (AvgIpc) is 0.714. The Morgan fingerprint density at radius 1 is 0.658 bits per heavy atom. The molecule has 0 bridgehead atoms. The first-order valence-corrected chi connectivity index (χ1v) is 38.0. The molecule has 38 heteroatoms. The Bertz CT molecular complexity index is 4780. The number of phenolic OH excluding ortho intramolecular Hbond substituents is 4. The second kappa shape index (κ2) is 39.8. The van der Waals surface area contributed by atoms with Crippen molar-refractivity contribution in [2.24, 2.45) is 5.73 Å². The summed E-state index contributed by atoms with van der Waals surface area (Å²) in [5.74, 6) is -6.61. The first kappa shape index (κ1) is 93.7. The third-order valence-corrected chi connectivity index (χ3v) is 22.6. The van der Waals surface area contributed by atoms with Crippen molar-refractivity contribution in [1.29, 1.82) is 5.26 Å². The number of aldehydes is 1. The van der Waals surface area contributed by atoms with Crippen LogP contribution in [0.25, 0.3) is 4.85 Å². The largest absolute Gasteiger partial charge is 1.00 e. The topological polar surface area (TPSA) is 515 Å². The van der Waals surface area contributed by atoms with Gasteiger partial charge in [-0.05, 0) is 58.9 Å². The molecule has 0 radical (unpaired) electrons. The molecule has 3 aliphatic heterocycles. The summed E-state index contributed by atoms with van der Waals surface area (Å²) in [6, 6.07) is 13.6. The van der Waals surface area contributed by atoms with Crippen molar-refractivity contribution in [3.63, 3.8) is 0 Å². The Morgan fingerprint density at radius 3 is 1.56 bits per heavy atom. The molecule has 0 aromatic heterocycles. The predicted molar refractivity (Wildman–Crippen MR) is 399 cm³/mol. The zero-order valence-corrected chi connectivity index (χ0v) is 69.7. The Balaban J connectivity index is 0.000000231. The zero-order valence-electron chi connectivity index (χ0n) is 65.8. The second-order valence-electron chi connectivity index (χ2n) is 28.4. The molecule has 36 nitrogen and oxygen atoms in total. The van der Waals surface area contributed by atoms with E-state index < -0.39 is 200 Å². The van der Waals surface area contributed by atoms with Crippen LogP contribution in [0.3, 0.4) is 0 Å². The molecule has 0 spiro atoms. The van der Waals surface area contributed by atoms with Gasteiger partial charge >= 0.3 is 63.6 Å². The molecule has 2 amide bonds. The zero-order chi connectivity index (χ0) is 85.3. The number of amides is 2. The van der Waals surface area contributed by atoms with Gasteiger partial charge in [-0.3, -0.25) is 47.6 Å². The van der Waals surface area contributed by atoms with Gasteiger partial charge in [0.05, 0.1) is 122 Å². The molecule has 5 unspecified atom stereocenters. The van der Waals surface area contributed by atoms with Crippen LogP contribution in [0.1, 0.15) is 157 Å². The minimum Gasteiger partial charge on any atom is -0.512 e. The summed E-state index contributed by atoms with van der Waals surface area (Å²) >= 11 is 0. The summed E-state index contributed by atoms with van der Waals surface area (Å²) in [5, 5.41) is 96.6. The first-order valence-electron chi connectivity index (χ1n) is 36.6. The Kier molecular flexibility index (Phi) is 31.9. The minimum atomic E-state index is -3.92. The minimum absolute atomic E-state index is 0. The van der Waals surface area contributed by atoms with Gasteiger partial charge in [-0.25, -0.2) is 21.1 Å². The number of phenols is 4. The van der Waals surface area contributed by atoms with Gasteiger partial charge in [-0.1, -0.05) is 42.0 Å². The molecular formula is C79H91KN6O30S. The number of nitrogens with zero attached hydrogens (tertiary/aromatic N) is 5. The van der Waals surface area contributed by atoms with Gasteiger partial charge in [0.15, 0.2) is 35.7 Å². The van der Waals surface area contributed by atoms with E-state index in [1.807, 2.05) is 6.92 Å². The van der Waals surface area contributed by atoms with Crippen molar-refractivity contribution in [3.8, 4) is 34.5 Å². The summed E-state index contributed by atoms with van der Waals surface area (Å²) in [7, 11) is 1.69. The number of aliphatic hydroxyl groups excluding tert-OH is 2. The monoisotopic (exact) mass is 1670 g/mol. The molecule has 10 N–H and O–H groups in total. The van der Waals surface area contributed by atoms with Gasteiger partial charge < -0.3 is 111 Å². The van der Waals surface area contributed by atoms with Crippen LogP contribution in [-0.4, -0.2) is 278 Å². The maximum Gasteiger partial charge on any atom is 1.00 e. The number of aromatic hydroxyl groups is 4. The molecule has 3 fully saturated rings. The van der Waals surface area contributed by atoms with Crippen LogP contribution in [0.15, 0.2) is 65.6 Å². The van der Waals surface area contributed by atoms with E-state index in [1.165, 1.54) is 88.8 Å². The molecule has 5 aromatic rings. The summed E-state index contributed by atoms with van der Waals surface area (Å²) in [6.45, 7) is 20.4. The molecule has 117 heavy (non-hydrogen) atoms. The van der Waals surface area contributed by atoms with Crippen molar-refractivity contribution in [1.82, 2.24) is 14.7 Å². The molecule has 13 atom stereocenters. The first-order chi connectivity index (χ1) is 55.0. The number of carbonyl (C=O) groups is 9. The van der Waals surface area contributed by atoms with Gasteiger partial charge in [0.2, 0.25) is 11.6 Å². The third kappa shape index (κ3) is 19.6. The quantitative estimate of drug-likeness (QED) is 0.0113. The molecular weight excluding hydrogens is 1580 g/mol. The van der Waals surface area contributed by atoms with Crippen LogP contribution in [0.2, 0.25) is 0 Å². The number of hydrogen-bond acceptors (Lipinski definition) is 33. The van der Waals surface area contributed by atoms with Crippen LogP contribution < -0.4 is 66.6 Å². The van der Waals surface area contributed by atoms with Gasteiger partial charge in [0.25, 0.3) is 16.3 Å². The van der Waals surface area contributed by atoms with Crippen molar-refractivity contribution in [2.75, 3.05) is 94.2 Å². The van der Waals surface area contributed by atoms with Crippen molar-refractivity contribution in [2.45, 2.75) is 157 Å². The Labute approximate surface area is 715 Å². The number of fused-ring (bicyclic) bond motifs is 6. The molecule has 12 rings (SSSR count). The molecule has 4 aliphatic carbocycles. The van der Waals surface area contributed by atoms with E-state index in [1.54, 1.807) is 30.9 Å². The number of hydrogen-bond donors (Lipinski definition) is 9. The number of nitrogens with two attached hydrogens (primary N) is 1. The van der Waals surface area contributed by atoms with E-state index in [2.05, 4.69) is 4.85 Å². The fourth-order valence-corrected chi connectivity index (χ4v) is 15.9. The van der Waals surface area contributed by atoms with Gasteiger partial charge in [-0.2, -0.15) is 8.42 Å². The van der Waals surface area contributed by atoms with Crippen LogP contribution >= 0.6 is 0 Å². The number of aryl methyl sites for hydroxylation is 1. The van der Waals surface area contributed by atoms with Crippen LogP contribution in [0, 0.1) is 25.3 Å². The summed E-state index contributed by atoms with van der Waals surface area (Å²) in [4.78, 5) is 123. The average molecular weight is 1680 g/mol. The van der Waals surface area contributed by atoms with E-state index in [4.69, 9.17) is 75.7 Å². The number of ketones is 6. The van der Waals surface area contributed by atoms with Gasteiger partial charge in [-0.15, -0.1) is 0 Å². The van der Waals surface area contributed by atoms with E-state index in [9.17, 15) is 92.4 Å². The predicted octanol–water partition coefficient (Wildman–Crippen LogP) is 0.830. The summed E-state index contributed by atoms with van der Waals surface area (Å²) < 4.78 is 83.5. The van der Waals surface area contributed by atoms with E-state index >= 15 is 0 Å². The summed E-state index contributed by atoms with van der Waals surface area (Å²) in [5.41, 5.74) is 0.486. The van der Waals surface area contributed by atoms with Crippen LogP contribution in [0.5, 0.6) is 34.5 Å². The fourth-order valence-electron chi connectivity index (χ4n) is 15.0. The van der Waals surface area contributed by atoms with E-state index in [0.29, 0.717) is 6.29 Å². The van der Waals surface area contributed by atoms with E-state index in [0.717, 1.165) is 17.4 Å². The number of rotatable bonds is 22. The normalized spacial score (nSPS) is 24.9. The fraction of sp³-hybridized carbons (Fsp3) is 0.481. The second-order valence-corrected chi connectivity index (χ2v) is 30.0. The number of methoxy groups -OCH3 is 4. The standard InChI is InChI=1S/C36H41N3O13.C27H29NO10.C15H21NO7S.CN.K/c1-17-30(41)21(39-10-9-38(16-24(39)37-3)35(46)50-12-11-48-4)13-25(51-17)52-23-15-36(47,18(2)40)14-20-27(23)34(45)29-28(32(20)43)31(42)19-7-6-8-22(49-5)26(19)33(29)44;1-10-22(30)14(28)7-17(37-10)38-16-9-27(35,11(2)29)8-13-19(16)26(34)21-20(24(13)32)23(31)12-5-4-6-15(36-3)18(12)25(21)33;1-13-3-5-14(6-4-13)24(19,20)23-10-8-16(7-9-17)15(18)22-12-11-21-2;1-2;/h6-8,17,21,23-25,30,41,43,45,47H,9-16H2,1-2,4-5H3;4-6,10,14,16-17,22,30,32,34-35H,7-9,28H2,1-3H3;3-6,9H,7-8,10-12H2,1-2H3;;/q;;;-1;+1/t17-,21?,23-,24?,25-,30?,36-;10-,14?,16-,17-,22?,27-;;;/m00.../s1. The smallest absolute Gasteiger partial charge is 0.512 e. The van der Waals surface area contributed by atoms with Gasteiger partial charge in [0.1, 0.15) is 71.7 Å². The van der Waals surface area contributed by atoms with Crippen LogP contribution in [0.4, 0.5) is 9.59 Å². The number of piperazine rings is 1. The maximum absolute atomic E-state index is 13.9.